The molecule has 0 aliphatic rings. The molecular formula is C29H37N3O4S. The van der Waals surface area contributed by atoms with E-state index in [9.17, 15) is 18.0 Å². The molecule has 8 heteroatoms. The van der Waals surface area contributed by atoms with Gasteiger partial charge in [0.05, 0.1) is 11.4 Å². The van der Waals surface area contributed by atoms with E-state index in [4.69, 9.17) is 0 Å². The van der Waals surface area contributed by atoms with E-state index in [0.717, 1.165) is 27.1 Å². The maximum Gasteiger partial charge on any atom is 0.243 e. The van der Waals surface area contributed by atoms with Crippen molar-refractivity contribution >= 4 is 32.6 Å². The third-order valence-corrected chi connectivity index (χ3v) is 8.46. The van der Waals surface area contributed by atoms with Gasteiger partial charge in [-0.05, 0) is 54.7 Å². The molecule has 2 atom stereocenters. The number of likely N-dealkylation sites (N-methyl/N-ethyl adjacent to an activating group) is 1. The van der Waals surface area contributed by atoms with Crippen LogP contribution in [0, 0.1) is 0 Å². The van der Waals surface area contributed by atoms with Crippen LogP contribution in [0.25, 0.3) is 10.8 Å². The van der Waals surface area contributed by atoms with E-state index in [1.165, 1.54) is 11.9 Å². The Kier molecular flexibility index (Phi) is 9.83. The van der Waals surface area contributed by atoms with Crippen molar-refractivity contribution in [1.29, 1.82) is 0 Å². The van der Waals surface area contributed by atoms with Crippen LogP contribution in [0.1, 0.15) is 39.2 Å². The van der Waals surface area contributed by atoms with Crippen LogP contribution in [-0.4, -0.2) is 61.7 Å². The second kappa shape index (κ2) is 12.8. The van der Waals surface area contributed by atoms with Crippen LogP contribution in [-0.2, 0) is 26.0 Å². The first-order valence-corrected chi connectivity index (χ1v) is 14.2. The Morgan fingerprint density at radius 3 is 2.19 bits per heavy atom. The maximum atomic E-state index is 13.6. The van der Waals surface area contributed by atoms with E-state index in [1.54, 1.807) is 18.2 Å². The third-order valence-electron chi connectivity index (χ3n) is 6.66. The summed E-state index contributed by atoms with van der Waals surface area (Å²) in [5, 5.41) is 4.72. The summed E-state index contributed by atoms with van der Waals surface area (Å²) < 4.78 is 27.8. The number of sulfonamides is 1. The Morgan fingerprint density at radius 1 is 0.892 bits per heavy atom. The molecule has 7 nitrogen and oxygen atoms in total. The van der Waals surface area contributed by atoms with Crippen molar-refractivity contribution in [3.8, 4) is 0 Å². The molecule has 3 aromatic rings. The van der Waals surface area contributed by atoms with E-state index >= 15 is 0 Å². The Morgan fingerprint density at radius 2 is 1.54 bits per heavy atom. The van der Waals surface area contributed by atoms with E-state index in [0.29, 0.717) is 19.4 Å². The van der Waals surface area contributed by atoms with Gasteiger partial charge in [0.25, 0.3) is 0 Å². The normalized spacial score (nSPS) is 13.3. The first-order chi connectivity index (χ1) is 17.7. The van der Waals surface area contributed by atoms with Crippen molar-refractivity contribution in [2.24, 2.45) is 0 Å². The highest BCUT2D eigenvalue weighted by Gasteiger charge is 2.32. The molecular weight excluding hydrogens is 486 g/mol. The van der Waals surface area contributed by atoms with Gasteiger partial charge in [-0.1, -0.05) is 74.5 Å². The van der Waals surface area contributed by atoms with Gasteiger partial charge in [0.2, 0.25) is 21.8 Å². The van der Waals surface area contributed by atoms with Gasteiger partial charge >= 0.3 is 0 Å². The molecule has 3 rings (SSSR count). The minimum Gasteiger partial charge on any atom is -0.352 e. The number of nitrogens with one attached hydrogen (secondary N) is 1. The number of fused-ring (bicyclic) bond motifs is 1. The number of hydrogen-bond acceptors (Lipinski definition) is 4. The van der Waals surface area contributed by atoms with Gasteiger partial charge in [-0.25, -0.2) is 8.42 Å². The maximum absolute atomic E-state index is 13.6. The van der Waals surface area contributed by atoms with E-state index in [1.807, 2.05) is 75.4 Å². The molecule has 3 aromatic carbocycles. The molecule has 2 unspecified atom stereocenters. The first kappa shape index (κ1) is 28.3. The van der Waals surface area contributed by atoms with Gasteiger partial charge in [0, 0.05) is 19.6 Å². The predicted molar refractivity (Wildman–Crippen MR) is 148 cm³/mol. The highest BCUT2D eigenvalue weighted by atomic mass is 32.2. The standard InChI is InChI=1S/C29H37N3O4S/c1-5-22(3)30-29(34)27(6-2)32(19-18-23-12-8-7-9-13-23)28(33)21-31(4)37(35,36)26-17-16-24-14-10-11-15-25(24)20-26/h7-17,20,22,27H,5-6,18-19,21H2,1-4H3,(H,30,34). The molecule has 0 radical (unpaired) electrons. The summed E-state index contributed by atoms with van der Waals surface area (Å²) in [7, 11) is -2.52. The zero-order valence-electron chi connectivity index (χ0n) is 22.1. The van der Waals surface area contributed by atoms with E-state index in [2.05, 4.69) is 5.32 Å². The molecule has 2 amide bonds. The molecule has 0 fully saturated rings. The van der Waals surface area contributed by atoms with Crippen LogP contribution in [0.3, 0.4) is 0 Å². The molecule has 0 saturated carbocycles. The molecule has 0 aliphatic heterocycles. The lowest BCUT2D eigenvalue weighted by molar-refractivity contribution is -0.141. The van der Waals surface area contributed by atoms with E-state index in [-0.39, 0.29) is 23.4 Å². The first-order valence-electron chi connectivity index (χ1n) is 12.8. The van der Waals surface area contributed by atoms with Crippen molar-refractivity contribution in [2.75, 3.05) is 20.1 Å². The molecule has 37 heavy (non-hydrogen) atoms. The minimum atomic E-state index is -3.92. The monoisotopic (exact) mass is 523 g/mol. The number of benzene rings is 3. The lowest BCUT2D eigenvalue weighted by Gasteiger charge is -2.32. The number of hydrogen-bond donors (Lipinski definition) is 1. The molecule has 0 aromatic heterocycles. The Bertz CT molecular complexity index is 1310. The summed E-state index contributed by atoms with van der Waals surface area (Å²) in [5.74, 6) is -0.632. The van der Waals surface area contributed by atoms with Crippen molar-refractivity contribution in [3.63, 3.8) is 0 Å². The highest BCUT2D eigenvalue weighted by Crippen LogP contribution is 2.21. The number of carbonyl (C=O) groups is 2. The summed E-state index contributed by atoms with van der Waals surface area (Å²) in [6.45, 7) is 5.71. The fraction of sp³-hybridized carbons (Fsp3) is 0.379. The summed E-state index contributed by atoms with van der Waals surface area (Å²) in [6, 6.07) is 21.5. The topological polar surface area (TPSA) is 86.8 Å². The quantitative estimate of drug-likeness (QED) is 0.385. The fourth-order valence-electron chi connectivity index (χ4n) is 4.21. The molecule has 0 saturated heterocycles. The summed E-state index contributed by atoms with van der Waals surface area (Å²) in [4.78, 5) is 28.3. The van der Waals surface area contributed by atoms with Crippen molar-refractivity contribution in [3.05, 3.63) is 78.4 Å². The summed E-state index contributed by atoms with van der Waals surface area (Å²) in [6.07, 6.45) is 1.75. The molecule has 0 bridgehead atoms. The molecule has 0 aliphatic carbocycles. The van der Waals surface area contributed by atoms with Gasteiger partial charge in [-0.3, -0.25) is 9.59 Å². The van der Waals surface area contributed by atoms with Crippen LogP contribution >= 0.6 is 0 Å². The van der Waals surface area contributed by atoms with Crippen LogP contribution in [0.4, 0.5) is 0 Å². The third kappa shape index (κ3) is 7.17. The van der Waals surface area contributed by atoms with Crippen LogP contribution < -0.4 is 5.32 Å². The lowest BCUT2D eigenvalue weighted by Crippen LogP contribution is -2.53. The van der Waals surface area contributed by atoms with Gasteiger partial charge in [-0.2, -0.15) is 4.31 Å². The number of nitrogens with zero attached hydrogens (tertiary/aromatic N) is 2. The summed E-state index contributed by atoms with van der Waals surface area (Å²) >= 11 is 0. The smallest absolute Gasteiger partial charge is 0.243 e. The van der Waals surface area contributed by atoms with Gasteiger partial charge < -0.3 is 10.2 Å². The number of rotatable bonds is 12. The van der Waals surface area contributed by atoms with Crippen LogP contribution in [0.5, 0.6) is 0 Å². The Balaban J connectivity index is 1.83. The van der Waals surface area contributed by atoms with Crippen molar-refractivity contribution < 1.29 is 18.0 Å². The SMILES string of the molecule is CCC(C)NC(=O)C(CC)N(CCc1ccccc1)C(=O)CN(C)S(=O)(=O)c1ccc2ccccc2c1. The minimum absolute atomic E-state index is 0.0245. The van der Waals surface area contributed by atoms with Gasteiger partial charge in [0.1, 0.15) is 6.04 Å². The second-order valence-corrected chi connectivity index (χ2v) is 11.4. The van der Waals surface area contributed by atoms with E-state index < -0.39 is 22.0 Å². The molecule has 1 N–H and O–H groups in total. The lowest BCUT2D eigenvalue weighted by atomic mass is 10.1. The number of carbonyl (C=O) groups excluding carboxylic acids is 2. The average Bonchev–Trinajstić information content (AvgIpc) is 2.90. The Hall–Kier alpha value is -3.23. The molecule has 0 heterocycles. The molecule has 0 spiro atoms. The van der Waals surface area contributed by atoms with Gasteiger partial charge in [-0.15, -0.1) is 0 Å². The van der Waals surface area contributed by atoms with Gasteiger partial charge in [0.15, 0.2) is 0 Å². The van der Waals surface area contributed by atoms with Crippen molar-refractivity contribution in [1.82, 2.24) is 14.5 Å². The zero-order valence-corrected chi connectivity index (χ0v) is 22.9. The average molecular weight is 524 g/mol. The fourth-order valence-corrected chi connectivity index (χ4v) is 5.37. The molecule has 198 valence electrons. The van der Waals surface area contributed by atoms with Crippen LogP contribution in [0.15, 0.2) is 77.7 Å². The van der Waals surface area contributed by atoms with Crippen molar-refractivity contribution in [2.45, 2.75) is 57.0 Å². The number of amides is 2. The Labute approximate surface area is 220 Å². The predicted octanol–water partition coefficient (Wildman–Crippen LogP) is 4.22. The summed E-state index contributed by atoms with van der Waals surface area (Å²) in [5.41, 5.74) is 1.04. The largest absolute Gasteiger partial charge is 0.352 e. The van der Waals surface area contributed by atoms with Crippen LogP contribution in [0.2, 0.25) is 0 Å². The second-order valence-electron chi connectivity index (χ2n) is 9.33. The highest BCUT2D eigenvalue weighted by molar-refractivity contribution is 7.89. The zero-order chi connectivity index (χ0) is 27.0.